The van der Waals surface area contributed by atoms with Gasteiger partial charge in [-0.05, 0) is 45.7 Å². The molecule has 2 aliphatic rings. The molecule has 6 nitrogen and oxygen atoms in total. The highest BCUT2D eigenvalue weighted by Gasteiger charge is 2.25. The lowest BCUT2D eigenvalue weighted by molar-refractivity contribution is 0.0936. The maximum Gasteiger partial charge on any atom is 0.265 e. The second-order valence-electron chi connectivity index (χ2n) is 6.03. The van der Waals surface area contributed by atoms with E-state index < -0.39 is 0 Å². The van der Waals surface area contributed by atoms with E-state index in [4.69, 9.17) is 5.73 Å². The molecule has 1 aromatic heterocycles. The quantitative estimate of drug-likeness (QED) is 0.742. The minimum Gasteiger partial charge on any atom is -0.382 e. The van der Waals surface area contributed by atoms with E-state index in [9.17, 15) is 4.79 Å². The lowest BCUT2D eigenvalue weighted by Gasteiger charge is -2.20. The fourth-order valence-corrected chi connectivity index (χ4v) is 3.51. The van der Waals surface area contributed by atoms with Gasteiger partial charge in [0.25, 0.3) is 5.91 Å². The summed E-state index contributed by atoms with van der Waals surface area (Å²) in [5.74, 6) is 0.217. The largest absolute Gasteiger partial charge is 0.382 e. The zero-order valence-corrected chi connectivity index (χ0v) is 13.2. The summed E-state index contributed by atoms with van der Waals surface area (Å²) in [7, 11) is 0. The molecule has 116 valence electrons. The smallest absolute Gasteiger partial charge is 0.265 e. The second kappa shape index (κ2) is 6.19. The van der Waals surface area contributed by atoms with Crippen molar-refractivity contribution in [3.05, 3.63) is 4.88 Å². The minimum atomic E-state index is -0.111. The van der Waals surface area contributed by atoms with Crippen molar-refractivity contribution in [1.82, 2.24) is 15.2 Å². The summed E-state index contributed by atoms with van der Waals surface area (Å²) in [5, 5.41) is 7.07. The van der Waals surface area contributed by atoms with Gasteiger partial charge in [0.05, 0.1) is 0 Å². The Labute approximate surface area is 129 Å². The van der Waals surface area contributed by atoms with E-state index in [1.807, 2.05) is 6.92 Å². The molecule has 1 saturated carbocycles. The Bertz CT molecular complexity index is 507. The number of carbonyl (C=O) groups excluding carboxylic acids is 1. The van der Waals surface area contributed by atoms with Gasteiger partial charge in [-0.15, -0.1) is 0 Å². The SMILES string of the molecule is CC(CN1CCCC1)NC(=O)c1sc(NC2CC2)nc1N. The molecule has 0 spiro atoms. The molecule has 2 fully saturated rings. The number of amides is 1. The Morgan fingerprint density at radius 1 is 1.48 bits per heavy atom. The summed E-state index contributed by atoms with van der Waals surface area (Å²) in [6.45, 7) is 5.21. The van der Waals surface area contributed by atoms with Crippen molar-refractivity contribution < 1.29 is 4.79 Å². The molecule has 1 aliphatic heterocycles. The number of nitrogens with two attached hydrogens (primary N) is 1. The number of nitrogens with zero attached hydrogens (tertiary/aromatic N) is 2. The van der Waals surface area contributed by atoms with E-state index in [2.05, 4.69) is 20.5 Å². The van der Waals surface area contributed by atoms with Gasteiger partial charge in [0.15, 0.2) is 5.13 Å². The molecule has 21 heavy (non-hydrogen) atoms. The summed E-state index contributed by atoms with van der Waals surface area (Å²) < 4.78 is 0. The Hall–Kier alpha value is -1.34. The fraction of sp³-hybridized carbons (Fsp3) is 0.714. The summed E-state index contributed by atoms with van der Waals surface area (Å²) in [6.07, 6.45) is 4.87. The number of aromatic nitrogens is 1. The number of nitrogen functional groups attached to an aromatic ring is 1. The van der Waals surface area contributed by atoms with Crippen LogP contribution in [0.25, 0.3) is 0 Å². The zero-order chi connectivity index (χ0) is 14.8. The van der Waals surface area contributed by atoms with Crippen molar-refractivity contribution in [2.45, 2.75) is 44.7 Å². The molecule has 1 aromatic rings. The first-order chi connectivity index (χ1) is 10.1. The lowest BCUT2D eigenvalue weighted by atomic mass is 10.3. The molecule has 4 N–H and O–H groups in total. The maximum atomic E-state index is 12.3. The van der Waals surface area contributed by atoms with Crippen LogP contribution in [0.15, 0.2) is 0 Å². The summed E-state index contributed by atoms with van der Waals surface area (Å²) in [5.41, 5.74) is 5.87. The van der Waals surface area contributed by atoms with Crippen molar-refractivity contribution in [3.8, 4) is 0 Å². The van der Waals surface area contributed by atoms with Crippen LogP contribution >= 0.6 is 11.3 Å². The monoisotopic (exact) mass is 309 g/mol. The van der Waals surface area contributed by atoms with Gasteiger partial charge in [0.2, 0.25) is 0 Å². The van der Waals surface area contributed by atoms with Gasteiger partial charge in [0.1, 0.15) is 10.7 Å². The van der Waals surface area contributed by atoms with E-state index in [-0.39, 0.29) is 11.9 Å². The van der Waals surface area contributed by atoms with E-state index in [1.165, 1.54) is 37.0 Å². The van der Waals surface area contributed by atoms with Gasteiger partial charge >= 0.3 is 0 Å². The molecule has 2 heterocycles. The van der Waals surface area contributed by atoms with Gasteiger partial charge < -0.3 is 21.3 Å². The third-order valence-electron chi connectivity index (χ3n) is 3.87. The average Bonchev–Trinajstić information content (AvgIpc) is 2.94. The van der Waals surface area contributed by atoms with Gasteiger partial charge in [-0.25, -0.2) is 4.98 Å². The van der Waals surface area contributed by atoms with Crippen molar-refractivity contribution in [3.63, 3.8) is 0 Å². The van der Waals surface area contributed by atoms with Crippen molar-refractivity contribution >= 4 is 28.2 Å². The van der Waals surface area contributed by atoms with Crippen LogP contribution in [0.4, 0.5) is 10.9 Å². The van der Waals surface area contributed by atoms with Crippen LogP contribution < -0.4 is 16.4 Å². The van der Waals surface area contributed by atoms with E-state index in [0.29, 0.717) is 16.7 Å². The first-order valence-electron chi connectivity index (χ1n) is 7.68. The number of thiazole rings is 1. The molecule has 0 bridgehead atoms. The fourth-order valence-electron chi connectivity index (χ4n) is 2.65. The second-order valence-corrected chi connectivity index (χ2v) is 7.03. The minimum absolute atomic E-state index is 0.111. The Balaban J connectivity index is 1.54. The molecule has 0 radical (unpaired) electrons. The van der Waals surface area contributed by atoms with Gasteiger partial charge in [-0.1, -0.05) is 11.3 Å². The molecule has 7 heteroatoms. The van der Waals surface area contributed by atoms with Gasteiger partial charge in [-0.2, -0.15) is 0 Å². The molecule has 1 atom stereocenters. The van der Waals surface area contributed by atoms with Crippen LogP contribution in [0, 0.1) is 0 Å². The van der Waals surface area contributed by atoms with Crippen LogP contribution in [0.5, 0.6) is 0 Å². The lowest BCUT2D eigenvalue weighted by Crippen LogP contribution is -2.41. The van der Waals surface area contributed by atoms with Crippen LogP contribution in [-0.2, 0) is 0 Å². The third-order valence-corrected chi connectivity index (χ3v) is 4.87. The van der Waals surface area contributed by atoms with Gasteiger partial charge in [0, 0.05) is 18.6 Å². The van der Waals surface area contributed by atoms with Crippen molar-refractivity contribution in [2.24, 2.45) is 0 Å². The predicted octanol–water partition coefficient (Wildman–Crippen LogP) is 1.51. The number of nitrogens with one attached hydrogen (secondary N) is 2. The first kappa shape index (κ1) is 14.6. The van der Waals surface area contributed by atoms with Crippen LogP contribution in [-0.4, -0.2) is 47.5 Å². The number of rotatable bonds is 6. The number of carbonyl (C=O) groups is 1. The summed E-state index contributed by atoms with van der Waals surface area (Å²) in [4.78, 5) is 19.4. The van der Waals surface area contributed by atoms with Crippen LogP contribution in [0.3, 0.4) is 0 Å². The Morgan fingerprint density at radius 2 is 2.19 bits per heavy atom. The molecule has 0 aromatic carbocycles. The van der Waals surface area contributed by atoms with Crippen LogP contribution in [0.2, 0.25) is 0 Å². The summed E-state index contributed by atoms with van der Waals surface area (Å²) in [6, 6.07) is 0.637. The topological polar surface area (TPSA) is 83.3 Å². The molecule has 1 unspecified atom stereocenters. The standard InChI is InChI=1S/C14H23N5OS/c1-9(8-19-6-2-3-7-19)16-13(20)11-12(15)18-14(21-11)17-10-4-5-10/h9-10H,2-8,15H2,1H3,(H,16,20)(H,17,18). The van der Waals surface area contributed by atoms with Crippen LogP contribution in [0.1, 0.15) is 42.3 Å². The van der Waals surface area contributed by atoms with E-state index in [1.54, 1.807) is 0 Å². The van der Waals surface area contributed by atoms with Crippen molar-refractivity contribution in [1.29, 1.82) is 0 Å². The highest BCUT2D eigenvalue weighted by atomic mass is 32.1. The molecule has 3 rings (SSSR count). The Morgan fingerprint density at radius 3 is 2.86 bits per heavy atom. The normalized spacial score (nSPS) is 20.4. The number of hydrogen-bond acceptors (Lipinski definition) is 6. The molecular formula is C14H23N5OS. The first-order valence-corrected chi connectivity index (χ1v) is 8.49. The number of anilines is 2. The number of likely N-dealkylation sites (tertiary alicyclic amines) is 1. The average molecular weight is 309 g/mol. The van der Waals surface area contributed by atoms with E-state index in [0.717, 1.165) is 24.8 Å². The van der Waals surface area contributed by atoms with E-state index >= 15 is 0 Å². The molecule has 1 saturated heterocycles. The number of hydrogen-bond donors (Lipinski definition) is 3. The Kier molecular flexibility index (Phi) is 4.30. The molecule has 1 aliphatic carbocycles. The van der Waals surface area contributed by atoms with Gasteiger partial charge in [-0.3, -0.25) is 4.79 Å². The third kappa shape index (κ3) is 3.85. The molecule has 1 amide bonds. The van der Waals surface area contributed by atoms with Crippen molar-refractivity contribution in [2.75, 3.05) is 30.7 Å². The maximum absolute atomic E-state index is 12.3. The molecular weight excluding hydrogens is 286 g/mol. The highest BCUT2D eigenvalue weighted by Crippen LogP contribution is 2.30. The zero-order valence-electron chi connectivity index (χ0n) is 12.4. The predicted molar refractivity (Wildman–Crippen MR) is 85.8 cm³/mol. The summed E-state index contributed by atoms with van der Waals surface area (Å²) >= 11 is 1.35. The highest BCUT2D eigenvalue weighted by molar-refractivity contribution is 7.18.